The van der Waals surface area contributed by atoms with Crippen molar-refractivity contribution in [1.29, 1.82) is 0 Å². The van der Waals surface area contributed by atoms with Gasteiger partial charge in [-0.05, 0) is 18.9 Å². The summed E-state index contributed by atoms with van der Waals surface area (Å²) in [5.41, 5.74) is 1.96. The molecule has 0 atom stereocenters. The molecule has 0 unspecified atom stereocenters. The first-order chi connectivity index (χ1) is 8.90. The van der Waals surface area contributed by atoms with E-state index in [1.54, 1.807) is 14.1 Å². The molecule has 0 saturated heterocycles. The highest BCUT2D eigenvalue weighted by molar-refractivity contribution is 5.73. The Balaban J connectivity index is 2.47. The van der Waals surface area contributed by atoms with E-state index in [1.165, 1.54) is 4.90 Å². The third-order valence-corrected chi connectivity index (χ3v) is 2.56. The van der Waals surface area contributed by atoms with Gasteiger partial charge in [-0.15, -0.1) is 0 Å². The number of rotatable bonds is 5. The molecule has 0 aliphatic heterocycles. The Morgan fingerprint density at radius 2 is 2.00 bits per heavy atom. The van der Waals surface area contributed by atoms with Gasteiger partial charge in [-0.25, -0.2) is 14.8 Å². The molecular formula is C13H23N5O. The highest BCUT2D eigenvalue weighted by atomic mass is 16.2. The SMILES string of the molecule is Cc1cc(C(C)C)nc(NCCNC(=O)N(C)C)n1. The second-order valence-corrected chi connectivity index (χ2v) is 4.97. The highest BCUT2D eigenvalue weighted by Crippen LogP contribution is 2.13. The Hall–Kier alpha value is -1.85. The van der Waals surface area contributed by atoms with Gasteiger partial charge in [0.05, 0.1) is 0 Å². The molecule has 1 aromatic heterocycles. The van der Waals surface area contributed by atoms with Gasteiger partial charge in [0.2, 0.25) is 5.95 Å². The van der Waals surface area contributed by atoms with Crippen LogP contribution in [0.5, 0.6) is 0 Å². The molecule has 0 saturated carbocycles. The summed E-state index contributed by atoms with van der Waals surface area (Å²) < 4.78 is 0. The van der Waals surface area contributed by atoms with Crippen LogP contribution in [0.15, 0.2) is 6.07 Å². The molecule has 106 valence electrons. The minimum absolute atomic E-state index is 0.102. The van der Waals surface area contributed by atoms with E-state index in [-0.39, 0.29) is 6.03 Å². The van der Waals surface area contributed by atoms with Crippen molar-refractivity contribution in [2.24, 2.45) is 0 Å². The summed E-state index contributed by atoms with van der Waals surface area (Å²) in [5.74, 6) is 0.985. The van der Waals surface area contributed by atoms with Crippen LogP contribution in [0.25, 0.3) is 0 Å². The molecule has 6 nitrogen and oxygen atoms in total. The van der Waals surface area contributed by atoms with Crippen LogP contribution in [-0.4, -0.2) is 48.1 Å². The molecule has 6 heteroatoms. The quantitative estimate of drug-likeness (QED) is 0.793. The lowest BCUT2D eigenvalue weighted by Gasteiger charge is -2.13. The maximum absolute atomic E-state index is 11.3. The first-order valence-corrected chi connectivity index (χ1v) is 6.44. The van der Waals surface area contributed by atoms with Crippen LogP contribution in [-0.2, 0) is 0 Å². The zero-order chi connectivity index (χ0) is 14.4. The molecule has 1 rings (SSSR count). The number of hydrogen-bond donors (Lipinski definition) is 2. The van der Waals surface area contributed by atoms with E-state index in [0.717, 1.165) is 11.4 Å². The number of urea groups is 1. The van der Waals surface area contributed by atoms with Gasteiger partial charge in [0.15, 0.2) is 0 Å². The van der Waals surface area contributed by atoms with Crippen molar-refractivity contribution in [1.82, 2.24) is 20.2 Å². The van der Waals surface area contributed by atoms with E-state index >= 15 is 0 Å². The summed E-state index contributed by atoms with van der Waals surface area (Å²) >= 11 is 0. The average Bonchev–Trinajstić information content (AvgIpc) is 2.33. The first kappa shape index (κ1) is 15.2. The summed E-state index contributed by atoms with van der Waals surface area (Å²) in [7, 11) is 3.42. The fourth-order valence-electron chi connectivity index (χ4n) is 1.47. The van der Waals surface area contributed by atoms with Gasteiger partial charge in [-0.3, -0.25) is 0 Å². The van der Waals surface area contributed by atoms with Crippen LogP contribution in [0, 0.1) is 6.92 Å². The number of carbonyl (C=O) groups excluding carboxylic acids is 1. The van der Waals surface area contributed by atoms with E-state index in [2.05, 4.69) is 34.4 Å². The number of nitrogens with one attached hydrogen (secondary N) is 2. The predicted octanol–water partition coefficient (Wildman–Crippen LogP) is 1.59. The zero-order valence-electron chi connectivity index (χ0n) is 12.3. The Kier molecular flexibility index (Phi) is 5.54. The van der Waals surface area contributed by atoms with E-state index in [4.69, 9.17) is 0 Å². The lowest BCUT2D eigenvalue weighted by molar-refractivity contribution is 0.218. The number of carbonyl (C=O) groups is 1. The van der Waals surface area contributed by atoms with Crippen LogP contribution in [0.1, 0.15) is 31.2 Å². The minimum Gasteiger partial charge on any atom is -0.352 e. The van der Waals surface area contributed by atoms with E-state index in [9.17, 15) is 4.79 Å². The van der Waals surface area contributed by atoms with Gasteiger partial charge in [-0.2, -0.15) is 0 Å². The highest BCUT2D eigenvalue weighted by Gasteiger charge is 2.06. The second kappa shape index (κ2) is 6.92. The van der Waals surface area contributed by atoms with Gasteiger partial charge >= 0.3 is 6.03 Å². The molecule has 2 amide bonds. The largest absolute Gasteiger partial charge is 0.352 e. The van der Waals surface area contributed by atoms with Crippen molar-refractivity contribution in [3.8, 4) is 0 Å². The molecule has 0 aliphatic rings. The number of hydrogen-bond acceptors (Lipinski definition) is 4. The number of nitrogens with zero attached hydrogens (tertiary/aromatic N) is 3. The summed E-state index contributed by atoms with van der Waals surface area (Å²) in [6, 6.07) is 1.89. The van der Waals surface area contributed by atoms with Crippen LogP contribution in [0.4, 0.5) is 10.7 Å². The van der Waals surface area contributed by atoms with Crippen LogP contribution in [0.2, 0.25) is 0 Å². The fourth-order valence-corrected chi connectivity index (χ4v) is 1.47. The summed E-state index contributed by atoms with van der Waals surface area (Å²) in [4.78, 5) is 21.6. The second-order valence-electron chi connectivity index (χ2n) is 4.97. The Labute approximate surface area is 114 Å². The average molecular weight is 265 g/mol. The molecule has 0 aliphatic carbocycles. The number of anilines is 1. The van der Waals surface area contributed by atoms with Crippen molar-refractivity contribution in [3.63, 3.8) is 0 Å². The first-order valence-electron chi connectivity index (χ1n) is 6.44. The number of aryl methyl sites for hydroxylation is 1. The van der Waals surface area contributed by atoms with E-state index in [0.29, 0.717) is 25.0 Å². The van der Waals surface area contributed by atoms with E-state index in [1.807, 2.05) is 13.0 Å². The standard InChI is InChI=1S/C13H23N5O/c1-9(2)11-8-10(3)16-12(17-11)14-6-7-15-13(19)18(4)5/h8-9H,6-7H2,1-5H3,(H,15,19)(H,14,16,17). The van der Waals surface area contributed by atoms with Crippen LogP contribution >= 0.6 is 0 Å². The van der Waals surface area contributed by atoms with Gasteiger partial charge < -0.3 is 15.5 Å². The zero-order valence-corrected chi connectivity index (χ0v) is 12.3. The summed E-state index contributed by atoms with van der Waals surface area (Å²) in [6.45, 7) is 7.28. The molecule has 2 N–H and O–H groups in total. The molecule has 1 heterocycles. The summed E-state index contributed by atoms with van der Waals surface area (Å²) in [6.07, 6.45) is 0. The Morgan fingerprint density at radius 3 is 2.58 bits per heavy atom. The molecule has 0 spiro atoms. The molecular weight excluding hydrogens is 242 g/mol. The fraction of sp³-hybridized carbons (Fsp3) is 0.615. The van der Waals surface area contributed by atoms with Crippen molar-refractivity contribution in [2.75, 3.05) is 32.5 Å². The number of aromatic nitrogens is 2. The smallest absolute Gasteiger partial charge is 0.316 e. The topological polar surface area (TPSA) is 70.2 Å². The molecule has 19 heavy (non-hydrogen) atoms. The van der Waals surface area contributed by atoms with Crippen molar-refractivity contribution < 1.29 is 4.79 Å². The summed E-state index contributed by atoms with van der Waals surface area (Å²) in [5, 5.41) is 5.89. The van der Waals surface area contributed by atoms with Gasteiger partial charge in [0.1, 0.15) is 0 Å². The van der Waals surface area contributed by atoms with Gasteiger partial charge in [0, 0.05) is 38.6 Å². The third kappa shape index (κ3) is 5.11. The van der Waals surface area contributed by atoms with Crippen molar-refractivity contribution in [2.45, 2.75) is 26.7 Å². The van der Waals surface area contributed by atoms with Crippen LogP contribution < -0.4 is 10.6 Å². The molecule has 0 radical (unpaired) electrons. The molecule has 0 fully saturated rings. The Bertz CT molecular complexity index is 431. The normalized spacial score (nSPS) is 10.4. The maximum Gasteiger partial charge on any atom is 0.316 e. The lowest BCUT2D eigenvalue weighted by atomic mass is 10.1. The predicted molar refractivity (Wildman–Crippen MR) is 76.4 cm³/mol. The third-order valence-electron chi connectivity index (χ3n) is 2.56. The molecule has 1 aromatic rings. The lowest BCUT2D eigenvalue weighted by Crippen LogP contribution is -2.37. The molecule has 0 bridgehead atoms. The Morgan fingerprint density at radius 1 is 1.32 bits per heavy atom. The monoisotopic (exact) mass is 265 g/mol. The van der Waals surface area contributed by atoms with Crippen molar-refractivity contribution >= 4 is 12.0 Å². The van der Waals surface area contributed by atoms with Gasteiger partial charge in [-0.1, -0.05) is 13.8 Å². The van der Waals surface area contributed by atoms with Crippen molar-refractivity contribution in [3.05, 3.63) is 17.5 Å². The molecule has 0 aromatic carbocycles. The minimum atomic E-state index is -0.102. The van der Waals surface area contributed by atoms with E-state index < -0.39 is 0 Å². The number of amides is 2. The maximum atomic E-state index is 11.3. The van der Waals surface area contributed by atoms with Gasteiger partial charge in [0.25, 0.3) is 0 Å². The van der Waals surface area contributed by atoms with Crippen LogP contribution in [0.3, 0.4) is 0 Å².